The second kappa shape index (κ2) is 4.25. The fourth-order valence-corrected chi connectivity index (χ4v) is 1.54. The molecular formula is C9H15NO3. The molecule has 1 atom stereocenters. The van der Waals surface area contributed by atoms with Gasteiger partial charge in [0.1, 0.15) is 5.78 Å². The average Bonchev–Trinajstić information content (AvgIpc) is 2.06. The molecule has 4 heteroatoms. The van der Waals surface area contributed by atoms with Crippen molar-refractivity contribution in [3.63, 3.8) is 0 Å². The number of amides is 1. The van der Waals surface area contributed by atoms with Crippen molar-refractivity contribution in [2.75, 3.05) is 13.1 Å². The molecule has 1 unspecified atom stereocenters. The van der Waals surface area contributed by atoms with E-state index in [9.17, 15) is 9.59 Å². The number of carbonyl (C=O) groups is 2. The highest BCUT2D eigenvalue weighted by Gasteiger charge is 2.20. The predicted molar refractivity (Wildman–Crippen MR) is 47.6 cm³/mol. The molecule has 1 aliphatic heterocycles. The summed E-state index contributed by atoms with van der Waals surface area (Å²) in [6.45, 7) is 2.84. The van der Waals surface area contributed by atoms with Crippen LogP contribution in [0.25, 0.3) is 0 Å². The van der Waals surface area contributed by atoms with Crippen LogP contribution in [0.5, 0.6) is 0 Å². The van der Waals surface area contributed by atoms with Crippen molar-refractivity contribution in [3.05, 3.63) is 0 Å². The van der Waals surface area contributed by atoms with Gasteiger partial charge in [-0.05, 0) is 12.8 Å². The normalized spacial score (nSPS) is 25.2. The summed E-state index contributed by atoms with van der Waals surface area (Å²) in [6, 6.07) is 0. The van der Waals surface area contributed by atoms with Gasteiger partial charge in [-0.2, -0.15) is 0 Å². The fraction of sp³-hybridized carbons (Fsp3) is 0.778. The maximum atomic E-state index is 11.3. The number of rotatable bonds is 0. The Hall–Kier alpha value is -1.06. The lowest BCUT2D eigenvalue weighted by Gasteiger charge is -2.23. The Morgan fingerprint density at radius 2 is 2.23 bits per heavy atom. The van der Waals surface area contributed by atoms with Crippen molar-refractivity contribution in [2.24, 2.45) is 5.92 Å². The van der Waals surface area contributed by atoms with Gasteiger partial charge in [0.25, 0.3) is 0 Å². The van der Waals surface area contributed by atoms with Gasteiger partial charge in [0.15, 0.2) is 0 Å². The van der Waals surface area contributed by atoms with Gasteiger partial charge in [-0.1, -0.05) is 6.92 Å². The molecule has 1 saturated heterocycles. The Morgan fingerprint density at radius 1 is 1.54 bits per heavy atom. The largest absolute Gasteiger partial charge is 0.465 e. The second-order valence-electron chi connectivity index (χ2n) is 3.53. The first-order valence-corrected chi connectivity index (χ1v) is 4.62. The van der Waals surface area contributed by atoms with Gasteiger partial charge in [-0.25, -0.2) is 4.79 Å². The summed E-state index contributed by atoms with van der Waals surface area (Å²) in [5, 5.41) is 8.72. The number of ketones is 1. The summed E-state index contributed by atoms with van der Waals surface area (Å²) in [7, 11) is 0. The highest BCUT2D eigenvalue weighted by molar-refractivity contribution is 5.81. The Morgan fingerprint density at radius 3 is 2.85 bits per heavy atom. The van der Waals surface area contributed by atoms with E-state index in [1.165, 1.54) is 4.90 Å². The number of hydrogen-bond acceptors (Lipinski definition) is 2. The van der Waals surface area contributed by atoms with Crippen LogP contribution in [0.1, 0.15) is 26.2 Å². The zero-order valence-corrected chi connectivity index (χ0v) is 7.82. The third-order valence-electron chi connectivity index (χ3n) is 2.51. The highest BCUT2D eigenvalue weighted by atomic mass is 16.4. The summed E-state index contributed by atoms with van der Waals surface area (Å²) < 4.78 is 0. The summed E-state index contributed by atoms with van der Waals surface area (Å²) in [5.74, 6) is 0.293. The van der Waals surface area contributed by atoms with Crippen molar-refractivity contribution >= 4 is 11.9 Å². The van der Waals surface area contributed by atoms with Gasteiger partial charge >= 0.3 is 6.09 Å². The minimum absolute atomic E-state index is 0.107. The molecule has 0 bridgehead atoms. The van der Waals surface area contributed by atoms with Crippen molar-refractivity contribution in [2.45, 2.75) is 26.2 Å². The third kappa shape index (κ3) is 2.72. The molecule has 0 aromatic rings. The molecule has 0 radical (unpaired) electrons. The first kappa shape index (κ1) is 10.0. The van der Waals surface area contributed by atoms with Gasteiger partial charge in [-0.15, -0.1) is 0 Å². The molecule has 1 rings (SSSR count). The zero-order valence-electron chi connectivity index (χ0n) is 7.82. The van der Waals surface area contributed by atoms with E-state index in [1.54, 1.807) is 0 Å². The van der Waals surface area contributed by atoms with E-state index in [2.05, 4.69) is 0 Å². The molecule has 0 spiro atoms. The van der Waals surface area contributed by atoms with Gasteiger partial charge in [0, 0.05) is 25.4 Å². The van der Waals surface area contributed by atoms with Crippen LogP contribution in [0.3, 0.4) is 0 Å². The van der Waals surface area contributed by atoms with E-state index < -0.39 is 6.09 Å². The standard InChI is InChI=1S/C9H15NO3/c1-7-3-2-5-10(9(12)13)6-4-8(7)11/h7H,2-6H2,1H3,(H,12,13). The van der Waals surface area contributed by atoms with Crippen LogP contribution in [0.4, 0.5) is 4.79 Å². The van der Waals surface area contributed by atoms with Crippen LogP contribution < -0.4 is 0 Å². The minimum atomic E-state index is -0.914. The second-order valence-corrected chi connectivity index (χ2v) is 3.53. The van der Waals surface area contributed by atoms with E-state index in [1.807, 2.05) is 6.92 Å². The first-order chi connectivity index (χ1) is 6.11. The van der Waals surface area contributed by atoms with Crippen LogP contribution in [0.2, 0.25) is 0 Å². The predicted octanol–water partition coefficient (Wildman–Crippen LogP) is 1.36. The summed E-state index contributed by atoms with van der Waals surface area (Å²) in [5.41, 5.74) is 0. The lowest BCUT2D eigenvalue weighted by Crippen LogP contribution is -2.35. The fourth-order valence-electron chi connectivity index (χ4n) is 1.54. The van der Waals surface area contributed by atoms with Gasteiger partial charge < -0.3 is 10.0 Å². The van der Waals surface area contributed by atoms with Crippen molar-refractivity contribution in [1.29, 1.82) is 0 Å². The molecule has 1 aliphatic rings. The lowest BCUT2D eigenvalue weighted by atomic mass is 9.96. The Balaban J connectivity index is 2.51. The van der Waals surface area contributed by atoms with E-state index in [4.69, 9.17) is 5.11 Å². The Bertz CT molecular complexity index is 215. The Kier molecular flexibility index (Phi) is 3.28. The average molecular weight is 185 g/mol. The SMILES string of the molecule is CC1CCCN(C(=O)O)CCC1=O. The molecule has 4 nitrogen and oxygen atoms in total. The van der Waals surface area contributed by atoms with Crippen LogP contribution in [0.15, 0.2) is 0 Å². The number of likely N-dealkylation sites (tertiary alicyclic amines) is 1. The zero-order chi connectivity index (χ0) is 9.84. The number of carboxylic acid groups (broad SMARTS) is 1. The smallest absolute Gasteiger partial charge is 0.407 e. The van der Waals surface area contributed by atoms with E-state index >= 15 is 0 Å². The summed E-state index contributed by atoms with van der Waals surface area (Å²) in [6.07, 6.45) is 1.05. The van der Waals surface area contributed by atoms with E-state index in [0.717, 1.165) is 12.8 Å². The molecule has 1 N–H and O–H groups in total. The van der Waals surface area contributed by atoms with Crippen LogP contribution in [-0.2, 0) is 4.79 Å². The molecule has 1 fully saturated rings. The third-order valence-corrected chi connectivity index (χ3v) is 2.51. The number of hydrogen-bond donors (Lipinski definition) is 1. The maximum Gasteiger partial charge on any atom is 0.407 e. The molecular weight excluding hydrogens is 170 g/mol. The van der Waals surface area contributed by atoms with Crippen molar-refractivity contribution in [1.82, 2.24) is 4.90 Å². The number of Topliss-reactive ketones (excluding diaryl/α,β-unsaturated/α-hetero) is 1. The summed E-state index contributed by atoms with van der Waals surface area (Å²) in [4.78, 5) is 23.3. The molecule has 74 valence electrons. The highest BCUT2D eigenvalue weighted by Crippen LogP contribution is 2.13. The van der Waals surface area contributed by atoms with E-state index in [-0.39, 0.29) is 11.7 Å². The topological polar surface area (TPSA) is 57.6 Å². The molecule has 0 aromatic heterocycles. The molecule has 13 heavy (non-hydrogen) atoms. The Labute approximate surface area is 77.5 Å². The monoisotopic (exact) mass is 185 g/mol. The summed E-state index contributed by atoms with van der Waals surface area (Å²) >= 11 is 0. The van der Waals surface area contributed by atoms with Crippen molar-refractivity contribution in [3.8, 4) is 0 Å². The van der Waals surface area contributed by atoms with Crippen LogP contribution in [0, 0.1) is 5.92 Å². The lowest BCUT2D eigenvalue weighted by molar-refractivity contribution is -0.123. The van der Waals surface area contributed by atoms with Gasteiger partial charge in [0.2, 0.25) is 0 Å². The maximum absolute atomic E-state index is 11.3. The first-order valence-electron chi connectivity index (χ1n) is 4.62. The van der Waals surface area contributed by atoms with Crippen LogP contribution in [-0.4, -0.2) is 35.0 Å². The number of carbonyl (C=O) groups excluding carboxylic acids is 1. The van der Waals surface area contributed by atoms with E-state index in [0.29, 0.717) is 19.5 Å². The molecule has 0 aliphatic carbocycles. The quantitative estimate of drug-likeness (QED) is 0.619. The van der Waals surface area contributed by atoms with Crippen LogP contribution >= 0.6 is 0 Å². The molecule has 1 amide bonds. The minimum Gasteiger partial charge on any atom is -0.465 e. The van der Waals surface area contributed by atoms with Gasteiger partial charge in [0.05, 0.1) is 0 Å². The molecule has 0 aromatic carbocycles. The van der Waals surface area contributed by atoms with Crippen molar-refractivity contribution < 1.29 is 14.7 Å². The number of nitrogens with zero attached hydrogens (tertiary/aromatic N) is 1. The molecule has 0 saturated carbocycles. The molecule has 1 heterocycles. The van der Waals surface area contributed by atoms with Gasteiger partial charge in [-0.3, -0.25) is 4.79 Å².